The van der Waals surface area contributed by atoms with Gasteiger partial charge >= 0.3 is 0 Å². The van der Waals surface area contributed by atoms with E-state index in [0.29, 0.717) is 0 Å². The van der Waals surface area contributed by atoms with Gasteiger partial charge < -0.3 is 14.4 Å². The number of likely N-dealkylation sites (N-methyl/N-ethyl adjacent to an activating group) is 1. The SMILES string of the molecule is CCN1CCN(c2cn(CC)c3cnccc23)CC1. The molecule has 0 spiro atoms. The van der Waals surface area contributed by atoms with Crippen molar-refractivity contribution >= 4 is 16.6 Å². The van der Waals surface area contributed by atoms with Gasteiger partial charge in [0, 0.05) is 50.5 Å². The summed E-state index contributed by atoms with van der Waals surface area (Å²) in [5.74, 6) is 0. The van der Waals surface area contributed by atoms with Crippen LogP contribution in [0.25, 0.3) is 10.9 Å². The molecule has 0 N–H and O–H groups in total. The van der Waals surface area contributed by atoms with Gasteiger partial charge in [0.2, 0.25) is 0 Å². The van der Waals surface area contributed by atoms with Crippen molar-refractivity contribution in [3.8, 4) is 0 Å². The fourth-order valence-corrected chi connectivity index (χ4v) is 2.94. The Morgan fingerprint density at radius 2 is 1.89 bits per heavy atom. The number of anilines is 1. The van der Waals surface area contributed by atoms with Crippen LogP contribution in [-0.4, -0.2) is 47.2 Å². The third-order valence-corrected chi connectivity index (χ3v) is 4.16. The molecule has 2 aromatic heterocycles. The van der Waals surface area contributed by atoms with Crippen molar-refractivity contribution in [1.29, 1.82) is 0 Å². The molecule has 4 heteroatoms. The number of aryl methyl sites for hydroxylation is 1. The number of fused-ring (bicyclic) bond motifs is 1. The van der Waals surface area contributed by atoms with Crippen LogP contribution in [0.4, 0.5) is 5.69 Å². The molecule has 102 valence electrons. The summed E-state index contributed by atoms with van der Waals surface area (Å²) in [5.41, 5.74) is 2.62. The molecule has 0 atom stereocenters. The second-order valence-electron chi connectivity index (χ2n) is 5.11. The van der Waals surface area contributed by atoms with Crippen LogP contribution in [0, 0.1) is 0 Å². The molecule has 1 aliphatic rings. The van der Waals surface area contributed by atoms with Crippen molar-refractivity contribution in [3.63, 3.8) is 0 Å². The molecule has 0 radical (unpaired) electrons. The smallest absolute Gasteiger partial charge is 0.0688 e. The summed E-state index contributed by atoms with van der Waals surface area (Å²) in [6.07, 6.45) is 6.16. The van der Waals surface area contributed by atoms with E-state index in [4.69, 9.17) is 0 Å². The van der Waals surface area contributed by atoms with Crippen LogP contribution in [0.15, 0.2) is 24.7 Å². The fourth-order valence-electron chi connectivity index (χ4n) is 2.94. The molecule has 0 saturated carbocycles. The minimum atomic E-state index is 0.997. The lowest BCUT2D eigenvalue weighted by molar-refractivity contribution is 0.271. The first-order chi connectivity index (χ1) is 9.33. The quantitative estimate of drug-likeness (QED) is 0.843. The van der Waals surface area contributed by atoms with Gasteiger partial charge in [0.15, 0.2) is 0 Å². The average molecular weight is 258 g/mol. The summed E-state index contributed by atoms with van der Waals surface area (Å²) < 4.78 is 2.30. The van der Waals surface area contributed by atoms with Gasteiger partial charge in [-0.05, 0) is 19.5 Å². The van der Waals surface area contributed by atoms with Gasteiger partial charge in [-0.1, -0.05) is 6.92 Å². The van der Waals surface area contributed by atoms with E-state index in [2.05, 4.69) is 45.5 Å². The highest BCUT2D eigenvalue weighted by Crippen LogP contribution is 2.29. The van der Waals surface area contributed by atoms with Gasteiger partial charge in [0.25, 0.3) is 0 Å². The first-order valence-electron chi connectivity index (χ1n) is 7.23. The van der Waals surface area contributed by atoms with Crippen molar-refractivity contribution in [3.05, 3.63) is 24.7 Å². The predicted octanol–water partition coefficient (Wildman–Crippen LogP) is 2.20. The molecular formula is C15H22N4. The number of piperazine rings is 1. The van der Waals surface area contributed by atoms with Gasteiger partial charge in [-0.25, -0.2) is 0 Å². The predicted molar refractivity (Wildman–Crippen MR) is 79.7 cm³/mol. The lowest BCUT2D eigenvalue weighted by atomic mass is 10.2. The summed E-state index contributed by atoms with van der Waals surface area (Å²) in [6, 6.07) is 2.14. The molecule has 2 aromatic rings. The first kappa shape index (κ1) is 12.5. The Morgan fingerprint density at radius 1 is 1.11 bits per heavy atom. The highest BCUT2D eigenvalue weighted by Gasteiger charge is 2.19. The third-order valence-electron chi connectivity index (χ3n) is 4.16. The number of aromatic nitrogens is 2. The molecule has 0 bridgehead atoms. The van der Waals surface area contributed by atoms with Crippen LogP contribution in [0.1, 0.15) is 13.8 Å². The summed E-state index contributed by atoms with van der Waals surface area (Å²) >= 11 is 0. The third kappa shape index (κ3) is 2.21. The fraction of sp³-hybridized carbons (Fsp3) is 0.533. The van der Waals surface area contributed by atoms with E-state index in [0.717, 1.165) is 26.2 Å². The molecule has 3 rings (SSSR count). The highest BCUT2D eigenvalue weighted by molar-refractivity contribution is 5.93. The largest absolute Gasteiger partial charge is 0.367 e. The number of rotatable bonds is 3. The second kappa shape index (κ2) is 5.21. The Morgan fingerprint density at radius 3 is 2.58 bits per heavy atom. The maximum Gasteiger partial charge on any atom is 0.0688 e. The van der Waals surface area contributed by atoms with E-state index in [9.17, 15) is 0 Å². The minimum absolute atomic E-state index is 0.997. The zero-order valence-electron chi connectivity index (χ0n) is 11.8. The summed E-state index contributed by atoms with van der Waals surface area (Å²) in [5, 5.41) is 1.33. The molecule has 19 heavy (non-hydrogen) atoms. The lowest BCUT2D eigenvalue weighted by Gasteiger charge is -2.35. The van der Waals surface area contributed by atoms with Crippen molar-refractivity contribution in [2.24, 2.45) is 0 Å². The molecule has 0 aliphatic carbocycles. The Kier molecular flexibility index (Phi) is 3.42. The van der Waals surface area contributed by atoms with E-state index in [1.807, 2.05) is 12.4 Å². The lowest BCUT2D eigenvalue weighted by Crippen LogP contribution is -2.46. The van der Waals surface area contributed by atoms with Crippen molar-refractivity contribution in [1.82, 2.24) is 14.5 Å². The van der Waals surface area contributed by atoms with E-state index in [1.165, 1.54) is 29.7 Å². The number of hydrogen-bond donors (Lipinski definition) is 0. The number of nitrogens with zero attached hydrogens (tertiary/aromatic N) is 4. The molecule has 0 unspecified atom stereocenters. The molecule has 1 saturated heterocycles. The first-order valence-corrected chi connectivity index (χ1v) is 7.23. The molecule has 0 aromatic carbocycles. The molecule has 4 nitrogen and oxygen atoms in total. The van der Waals surface area contributed by atoms with Gasteiger partial charge in [-0.2, -0.15) is 0 Å². The van der Waals surface area contributed by atoms with Crippen LogP contribution in [0.2, 0.25) is 0 Å². The average Bonchev–Trinajstić information content (AvgIpc) is 2.86. The number of hydrogen-bond acceptors (Lipinski definition) is 3. The van der Waals surface area contributed by atoms with Crippen LogP contribution in [0.3, 0.4) is 0 Å². The molecule has 3 heterocycles. The van der Waals surface area contributed by atoms with Gasteiger partial charge in [0.05, 0.1) is 17.4 Å². The maximum absolute atomic E-state index is 4.26. The van der Waals surface area contributed by atoms with Crippen LogP contribution in [-0.2, 0) is 6.54 Å². The van der Waals surface area contributed by atoms with Crippen LogP contribution >= 0.6 is 0 Å². The van der Waals surface area contributed by atoms with E-state index >= 15 is 0 Å². The summed E-state index contributed by atoms with van der Waals surface area (Å²) in [4.78, 5) is 9.28. The minimum Gasteiger partial charge on any atom is -0.367 e. The molecule has 1 fully saturated rings. The Hall–Kier alpha value is -1.55. The monoisotopic (exact) mass is 258 g/mol. The Bertz CT molecular complexity index is 552. The zero-order chi connectivity index (χ0) is 13.2. The summed E-state index contributed by atoms with van der Waals surface area (Å²) in [7, 11) is 0. The van der Waals surface area contributed by atoms with Crippen LogP contribution in [0.5, 0.6) is 0 Å². The molecule has 0 amide bonds. The molecular weight excluding hydrogens is 236 g/mol. The summed E-state index contributed by atoms with van der Waals surface area (Å²) in [6.45, 7) is 11.2. The standard InChI is InChI=1S/C15H22N4/c1-3-17-7-9-19(10-8-17)15-12-18(4-2)14-11-16-6-5-13(14)15/h5-6,11-12H,3-4,7-10H2,1-2H3. The van der Waals surface area contributed by atoms with Gasteiger partial charge in [0.1, 0.15) is 0 Å². The second-order valence-corrected chi connectivity index (χ2v) is 5.11. The van der Waals surface area contributed by atoms with Crippen molar-refractivity contribution in [2.45, 2.75) is 20.4 Å². The van der Waals surface area contributed by atoms with E-state index in [1.54, 1.807) is 0 Å². The van der Waals surface area contributed by atoms with E-state index < -0.39 is 0 Å². The highest BCUT2D eigenvalue weighted by atomic mass is 15.3. The topological polar surface area (TPSA) is 24.3 Å². The van der Waals surface area contributed by atoms with Gasteiger partial charge in [-0.15, -0.1) is 0 Å². The number of pyridine rings is 1. The zero-order valence-corrected chi connectivity index (χ0v) is 11.8. The van der Waals surface area contributed by atoms with E-state index in [-0.39, 0.29) is 0 Å². The Balaban J connectivity index is 1.93. The Labute approximate surface area is 114 Å². The van der Waals surface area contributed by atoms with Gasteiger partial charge in [-0.3, -0.25) is 4.98 Å². The maximum atomic E-state index is 4.26. The van der Waals surface area contributed by atoms with Crippen LogP contribution < -0.4 is 4.90 Å². The van der Waals surface area contributed by atoms with Crippen molar-refractivity contribution < 1.29 is 0 Å². The molecule has 1 aliphatic heterocycles. The normalized spacial score (nSPS) is 17.3. The van der Waals surface area contributed by atoms with Crippen molar-refractivity contribution in [2.75, 3.05) is 37.6 Å².